The lowest BCUT2D eigenvalue weighted by atomic mass is 10.2. The first-order valence-corrected chi connectivity index (χ1v) is 5.11. The van der Waals surface area contributed by atoms with Gasteiger partial charge in [0, 0.05) is 0 Å². The molecular formula is C9H6ClF2N5O. The Balaban J connectivity index is 2.11. The van der Waals surface area contributed by atoms with E-state index in [9.17, 15) is 13.6 Å². The van der Waals surface area contributed by atoms with Gasteiger partial charge in [0.1, 0.15) is 11.6 Å². The number of benzene rings is 1. The molecule has 2 rings (SSSR count). The zero-order valence-corrected chi connectivity index (χ0v) is 9.50. The molecule has 1 aromatic heterocycles. The van der Waals surface area contributed by atoms with Gasteiger partial charge in [0.05, 0.1) is 17.1 Å². The van der Waals surface area contributed by atoms with E-state index in [1.807, 2.05) is 0 Å². The van der Waals surface area contributed by atoms with Gasteiger partial charge in [-0.3, -0.25) is 4.79 Å². The predicted octanol–water partition coefficient (Wildman–Crippen LogP) is 1.06. The minimum Gasteiger partial charge on any atom is -0.344 e. The largest absolute Gasteiger partial charge is 0.344 e. The summed E-state index contributed by atoms with van der Waals surface area (Å²) in [6, 6.07) is 1.46. The van der Waals surface area contributed by atoms with E-state index in [1.54, 1.807) is 0 Å². The van der Waals surface area contributed by atoms with Crippen LogP contribution in [0.25, 0.3) is 0 Å². The van der Waals surface area contributed by atoms with Crippen LogP contribution in [-0.4, -0.2) is 26.5 Å². The summed E-state index contributed by atoms with van der Waals surface area (Å²) in [6.45, 7) is -0.0565. The molecule has 2 N–H and O–H groups in total. The molecule has 0 atom stereocenters. The van der Waals surface area contributed by atoms with Crippen LogP contribution in [0.4, 0.5) is 8.78 Å². The summed E-state index contributed by atoms with van der Waals surface area (Å²) in [6.07, 6.45) is 0. The highest BCUT2D eigenvalue weighted by Gasteiger charge is 2.15. The van der Waals surface area contributed by atoms with E-state index in [2.05, 4.69) is 25.9 Å². The van der Waals surface area contributed by atoms with Crippen molar-refractivity contribution in [2.24, 2.45) is 0 Å². The van der Waals surface area contributed by atoms with Gasteiger partial charge >= 0.3 is 0 Å². The average molecular weight is 274 g/mol. The van der Waals surface area contributed by atoms with Crippen molar-refractivity contribution in [2.45, 2.75) is 6.54 Å². The van der Waals surface area contributed by atoms with E-state index in [0.29, 0.717) is 0 Å². The Labute approximate surface area is 104 Å². The zero-order valence-electron chi connectivity index (χ0n) is 8.75. The van der Waals surface area contributed by atoms with Gasteiger partial charge in [-0.05, 0) is 12.1 Å². The van der Waals surface area contributed by atoms with Crippen LogP contribution < -0.4 is 5.32 Å². The number of nitrogens with one attached hydrogen (secondary N) is 2. The van der Waals surface area contributed by atoms with Crippen molar-refractivity contribution in [1.29, 1.82) is 0 Å². The number of nitrogens with zero attached hydrogens (tertiary/aromatic N) is 3. The second kappa shape index (κ2) is 5.05. The summed E-state index contributed by atoms with van der Waals surface area (Å²) in [7, 11) is 0. The normalized spacial score (nSPS) is 10.4. The number of carbonyl (C=O) groups is 1. The Hall–Kier alpha value is -2.09. The van der Waals surface area contributed by atoms with E-state index in [-0.39, 0.29) is 17.4 Å². The Kier molecular flexibility index (Phi) is 3.47. The number of halogens is 3. The highest BCUT2D eigenvalue weighted by molar-refractivity contribution is 6.30. The maximum atomic E-state index is 13.4. The molecule has 0 fully saturated rings. The molecule has 9 heteroatoms. The molecule has 18 heavy (non-hydrogen) atoms. The van der Waals surface area contributed by atoms with E-state index in [4.69, 9.17) is 11.6 Å². The highest BCUT2D eigenvalue weighted by Crippen LogP contribution is 2.19. The molecule has 94 valence electrons. The third kappa shape index (κ3) is 2.59. The van der Waals surface area contributed by atoms with Crippen LogP contribution in [0, 0.1) is 11.6 Å². The third-order valence-corrected chi connectivity index (χ3v) is 2.34. The SMILES string of the molecule is O=C(NCc1nn[nH]n1)c1cc(F)c(Cl)cc1F. The lowest BCUT2D eigenvalue weighted by Gasteiger charge is -2.05. The van der Waals surface area contributed by atoms with Crippen LogP contribution in [0.15, 0.2) is 12.1 Å². The van der Waals surface area contributed by atoms with Crippen LogP contribution in [0.1, 0.15) is 16.2 Å². The standard InChI is InChI=1S/C9H6ClF2N5O/c10-5-2-6(11)4(1-7(5)12)9(18)13-3-8-14-16-17-15-8/h1-2H,3H2,(H,13,18)(H,14,15,16,17). The van der Waals surface area contributed by atoms with Crippen molar-refractivity contribution in [3.8, 4) is 0 Å². The number of hydrogen-bond donors (Lipinski definition) is 2. The molecule has 0 bridgehead atoms. The van der Waals surface area contributed by atoms with Gasteiger partial charge in [-0.1, -0.05) is 16.8 Å². The molecule has 0 spiro atoms. The zero-order chi connectivity index (χ0) is 13.1. The molecule has 1 amide bonds. The molecule has 0 saturated carbocycles. The molecule has 0 aliphatic heterocycles. The summed E-state index contributed by atoms with van der Waals surface area (Å²) >= 11 is 5.37. The van der Waals surface area contributed by atoms with Crippen molar-refractivity contribution in [2.75, 3.05) is 0 Å². The monoisotopic (exact) mass is 273 g/mol. The van der Waals surface area contributed by atoms with Crippen LogP contribution in [0.3, 0.4) is 0 Å². The van der Waals surface area contributed by atoms with Gasteiger partial charge in [-0.15, -0.1) is 10.2 Å². The molecule has 6 nitrogen and oxygen atoms in total. The lowest BCUT2D eigenvalue weighted by Crippen LogP contribution is -2.24. The number of tetrazole rings is 1. The summed E-state index contributed by atoms with van der Waals surface area (Å²) in [5.74, 6) is -2.36. The Morgan fingerprint density at radius 3 is 2.83 bits per heavy atom. The molecule has 0 aliphatic carbocycles. The van der Waals surface area contributed by atoms with E-state index < -0.39 is 23.1 Å². The fourth-order valence-corrected chi connectivity index (χ4v) is 1.36. The van der Waals surface area contributed by atoms with Gasteiger partial charge in [0.25, 0.3) is 5.91 Å². The van der Waals surface area contributed by atoms with E-state index in [0.717, 1.165) is 12.1 Å². The summed E-state index contributed by atoms with van der Waals surface area (Å²) in [5, 5.41) is 14.6. The van der Waals surface area contributed by atoms with Crippen molar-refractivity contribution in [3.63, 3.8) is 0 Å². The number of aromatic amines is 1. The number of amides is 1. The second-order valence-corrected chi connectivity index (χ2v) is 3.66. The number of H-pyrrole nitrogens is 1. The van der Waals surface area contributed by atoms with Crippen LogP contribution in [-0.2, 0) is 6.54 Å². The van der Waals surface area contributed by atoms with Crippen molar-refractivity contribution in [1.82, 2.24) is 25.9 Å². The van der Waals surface area contributed by atoms with Crippen LogP contribution >= 0.6 is 11.6 Å². The second-order valence-electron chi connectivity index (χ2n) is 3.26. The topological polar surface area (TPSA) is 83.6 Å². The Morgan fingerprint density at radius 2 is 2.17 bits per heavy atom. The molecule has 1 heterocycles. The van der Waals surface area contributed by atoms with Gasteiger partial charge < -0.3 is 5.32 Å². The molecule has 0 saturated heterocycles. The summed E-state index contributed by atoms with van der Waals surface area (Å²) in [5.41, 5.74) is -0.444. The number of carbonyl (C=O) groups excluding carboxylic acids is 1. The quantitative estimate of drug-likeness (QED) is 0.819. The van der Waals surface area contributed by atoms with Gasteiger partial charge in [0.2, 0.25) is 0 Å². The fourth-order valence-electron chi connectivity index (χ4n) is 1.21. The first kappa shape index (κ1) is 12.4. The molecule has 2 aromatic rings. The minimum atomic E-state index is -0.910. The maximum Gasteiger partial charge on any atom is 0.254 e. The molecule has 1 aromatic carbocycles. The molecule has 0 radical (unpaired) electrons. The van der Waals surface area contributed by atoms with E-state index in [1.165, 1.54) is 0 Å². The summed E-state index contributed by atoms with van der Waals surface area (Å²) < 4.78 is 26.5. The molecule has 0 unspecified atom stereocenters. The average Bonchev–Trinajstić information content (AvgIpc) is 2.84. The molecular weight excluding hydrogens is 268 g/mol. The maximum absolute atomic E-state index is 13.4. The van der Waals surface area contributed by atoms with Gasteiger partial charge in [-0.2, -0.15) is 5.21 Å². The number of hydrogen-bond acceptors (Lipinski definition) is 4. The van der Waals surface area contributed by atoms with Crippen LogP contribution in [0.2, 0.25) is 5.02 Å². The fraction of sp³-hybridized carbons (Fsp3) is 0.111. The number of rotatable bonds is 3. The van der Waals surface area contributed by atoms with Gasteiger partial charge in [-0.25, -0.2) is 8.78 Å². The van der Waals surface area contributed by atoms with Gasteiger partial charge in [0.15, 0.2) is 5.82 Å². The van der Waals surface area contributed by atoms with Crippen molar-refractivity contribution < 1.29 is 13.6 Å². The van der Waals surface area contributed by atoms with E-state index >= 15 is 0 Å². The minimum absolute atomic E-state index is 0.0565. The smallest absolute Gasteiger partial charge is 0.254 e. The highest BCUT2D eigenvalue weighted by atomic mass is 35.5. The first-order valence-electron chi connectivity index (χ1n) is 4.73. The van der Waals surface area contributed by atoms with Crippen molar-refractivity contribution >= 4 is 17.5 Å². The lowest BCUT2D eigenvalue weighted by molar-refractivity contribution is 0.0945. The Bertz CT molecular complexity index is 575. The Morgan fingerprint density at radius 1 is 1.39 bits per heavy atom. The van der Waals surface area contributed by atoms with Crippen molar-refractivity contribution in [3.05, 3.63) is 40.2 Å². The first-order chi connectivity index (χ1) is 8.58. The molecule has 0 aliphatic rings. The number of aromatic nitrogens is 4. The van der Waals surface area contributed by atoms with Crippen LogP contribution in [0.5, 0.6) is 0 Å². The predicted molar refractivity (Wildman–Crippen MR) is 56.7 cm³/mol. The summed E-state index contributed by atoms with van der Waals surface area (Å²) in [4.78, 5) is 11.6. The third-order valence-electron chi connectivity index (χ3n) is 2.05.